The average molecular weight is 234 g/mol. The lowest BCUT2D eigenvalue weighted by molar-refractivity contribution is 0.0927. The molecule has 0 atom stereocenters. The molecule has 1 aromatic rings. The zero-order valence-corrected chi connectivity index (χ0v) is 9.99. The Hall–Kier alpha value is -1.55. The number of rotatable bonds is 2. The highest BCUT2D eigenvalue weighted by atomic mass is 16.3. The second-order valence-corrected chi connectivity index (χ2v) is 4.52. The molecule has 0 radical (unpaired) electrons. The van der Waals surface area contributed by atoms with Crippen LogP contribution in [0.2, 0.25) is 0 Å². The van der Waals surface area contributed by atoms with Gasteiger partial charge >= 0.3 is 0 Å². The van der Waals surface area contributed by atoms with E-state index in [1.54, 1.807) is 12.1 Å². The van der Waals surface area contributed by atoms with Crippen molar-refractivity contribution in [2.24, 2.45) is 0 Å². The molecular weight excluding hydrogens is 216 g/mol. The number of amides is 1. The minimum Gasteiger partial charge on any atom is -0.507 e. The normalized spacial score (nSPS) is 16.8. The number of aryl methyl sites for hydroxylation is 1. The molecule has 92 valence electrons. The quantitative estimate of drug-likeness (QED) is 0.720. The number of benzene rings is 1. The molecule has 0 unspecified atom stereocenters. The molecule has 0 aromatic heterocycles. The number of hydrogen-bond donors (Lipinski definition) is 3. The van der Waals surface area contributed by atoms with Crippen molar-refractivity contribution >= 4 is 5.91 Å². The van der Waals surface area contributed by atoms with Gasteiger partial charge < -0.3 is 15.7 Å². The van der Waals surface area contributed by atoms with Gasteiger partial charge in [-0.15, -0.1) is 0 Å². The van der Waals surface area contributed by atoms with Crippen LogP contribution in [0.3, 0.4) is 0 Å². The van der Waals surface area contributed by atoms with Gasteiger partial charge in [-0.05, 0) is 50.6 Å². The Kier molecular flexibility index (Phi) is 3.64. The monoisotopic (exact) mass is 234 g/mol. The van der Waals surface area contributed by atoms with Gasteiger partial charge in [0.15, 0.2) is 0 Å². The molecule has 1 heterocycles. The maximum Gasteiger partial charge on any atom is 0.255 e. The van der Waals surface area contributed by atoms with Crippen LogP contribution in [-0.2, 0) is 0 Å². The molecule has 1 aliphatic heterocycles. The summed E-state index contributed by atoms with van der Waals surface area (Å²) < 4.78 is 0. The zero-order valence-electron chi connectivity index (χ0n) is 9.99. The Bertz CT molecular complexity index is 412. The largest absolute Gasteiger partial charge is 0.507 e. The van der Waals surface area contributed by atoms with E-state index in [1.807, 2.05) is 13.0 Å². The predicted octanol–water partition coefficient (Wildman–Crippen LogP) is 1.18. The van der Waals surface area contributed by atoms with Gasteiger partial charge in [-0.2, -0.15) is 0 Å². The van der Waals surface area contributed by atoms with Gasteiger partial charge in [0.2, 0.25) is 0 Å². The summed E-state index contributed by atoms with van der Waals surface area (Å²) in [7, 11) is 0. The molecule has 1 aliphatic rings. The van der Waals surface area contributed by atoms with E-state index in [2.05, 4.69) is 10.6 Å². The van der Waals surface area contributed by atoms with E-state index in [4.69, 9.17) is 0 Å². The zero-order chi connectivity index (χ0) is 12.3. The molecule has 4 heteroatoms. The van der Waals surface area contributed by atoms with Crippen molar-refractivity contribution < 1.29 is 9.90 Å². The molecule has 0 saturated carbocycles. The summed E-state index contributed by atoms with van der Waals surface area (Å²) >= 11 is 0. The smallest absolute Gasteiger partial charge is 0.255 e. The number of piperidine rings is 1. The molecule has 1 saturated heterocycles. The van der Waals surface area contributed by atoms with Crippen LogP contribution >= 0.6 is 0 Å². The maximum absolute atomic E-state index is 12.0. The first-order valence-electron chi connectivity index (χ1n) is 5.98. The van der Waals surface area contributed by atoms with Gasteiger partial charge in [0, 0.05) is 6.04 Å². The highest BCUT2D eigenvalue weighted by molar-refractivity contribution is 5.97. The molecule has 2 rings (SSSR count). The maximum atomic E-state index is 12.0. The van der Waals surface area contributed by atoms with Crippen molar-refractivity contribution in [1.29, 1.82) is 0 Å². The van der Waals surface area contributed by atoms with E-state index in [0.717, 1.165) is 31.5 Å². The van der Waals surface area contributed by atoms with Crippen LogP contribution in [0, 0.1) is 6.92 Å². The summed E-state index contributed by atoms with van der Waals surface area (Å²) in [5.41, 5.74) is 1.30. The third-order valence-electron chi connectivity index (χ3n) is 3.07. The molecule has 0 spiro atoms. The van der Waals surface area contributed by atoms with Gasteiger partial charge in [0.05, 0.1) is 5.56 Å². The highest BCUT2D eigenvalue weighted by Crippen LogP contribution is 2.18. The lowest BCUT2D eigenvalue weighted by Crippen LogP contribution is -2.42. The van der Waals surface area contributed by atoms with E-state index >= 15 is 0 Å². The average Bonchev–Trinajstić information content (AvgIpc) is 2.30. The predicted molar refractivity (Wildman–Crippen MR) is 66.2 cm³/mol. The number of carbonyl (C=O) groups excluding carboxylic acids is 1. The number of nitrogens with one attached hydrogen (secondary N) is 2. The minimum absolute atomic E-state index is 0.0523. The molecule has 0 bridgehead atoms. The van der Waals surface area contributed by atoms with Crippen molar-refractivity contribution in [3.05, 3.63) is 29.3 Å². The van der Waals surface area contributed by atoms with Crippen molar-refractivity contribution in [2.45, 2.75) is 25.8 Å². The number of aromatic hydroxyl groups is 1. The molecule has 1 fully saturated rings. The van der Waals surface area contributed by atoms with Crippen molar-refractivity contribution in [2.75, 3.05) is 13.1 Å². The minimum atomic E-state index is -0.186. The van der Waals surface area contributed by atoms with Crippen molar-refractivity contribution in [1.82, 2.24) is 10.6 Å². The summed E-state index contributed by atoms with van der Waals surface area (Å²) in [5.74, 6) is -0.133. The summed E-state index contributed by atoms with van der Waals surface area (Å²) in [4.78, 5) is 12.0. The van der Waals surface area contributed by atoms with E-state index in [0.29, 0.717) is 5.56 Å². The third kappa shape index (κ3) is 2.97. The van der Waals surface area contributed by atoms with Crippen molar-refractivity contribution in [3.8, 4) is 5.75 Å². The Labute approximate surface area is 101 Å². The van der Waals surface area contributed by atoms with Crippen LogP contribution in [0.15, 0.2) is 18.2 Å². The topological polar surface area (TPSA) is 61.4 Å². The van der Waals surface area contributed by atoms with Crippen LogP contribution in [0.25, 0.3) is 0 Å². The van der Waals surface area contributed by atoms with Gasteiger partial charge in [-0.3, -0.25) is 4.79 Å². The Balaban J connectivity index is 2.03. The van der Waals surface area contributed by atoms with Crippen molar-refractivity contribution in [3.63, 3.8) is 0 Å². The fourth-order valence-corrected chi connectivity index (χ4v) is 2.06. The molecule has 1 aromatic carbocycles. The van der Waals surface area contributed by atoms with Gasteiger partial charge in [0.1, 0.15) is 5.75 Å². The highest BCUT2D eigenvalue weighted by Gasteiger charge is 2.18. The first-order valence-corrected chi connectivity index (χ1v) is 5.98. The molecule has 0 aliphatic carbocycles. The Morgan fingerprint density at radius 1 is 1.41 bits per heavy atom. The second-order valence-electron chi connectivity index (χ2n) is 4.52. The summed E-state index contributed by atoms with van der Waals surface area (Å²) in [6, 6.07) is 5.32. The number of phenolic OH excluding ortho intramolecular Hbond substituents is 1. The number of hydrogen-bond acceptors (Lipinski definition) is 3. The van der Waals surface area contributed by atoms with Gasteiger partial charge in [-0.25, -0.2) is 0 Å². The number of carbonyl (C=O) groups is 1. The van der Waals surface area contributed by atoms with E-state index in [9.17, 15) is 9.90 Å². The fourth-order valence-electron chi connectivity index (χ4n) is 2.06. The molecule has 4 nitrogen and oxygen atoms in total. The van der Waals surface area contributed by atoms with E-state index < -0.39 is 0 Å². The van der Waals surface area contributed by atoms with Crippen LogP contribution in [0.4, 0.5) is 0 Å². The van der Waals surface area contributed by atoms with Crippen LogP contribution in [-0.4, -0.2) is 30.1 Å². The Morgan fingerprint density at radius 2 is 2.12 bits per heavy atom. The van der Waals surface area contributed by atoms with E-state index in [-0.39, 0.29) is 17.7 Å². The summed E-state index contributed by atoms with van der Waals surface area (Å²) in [6.07, 6.45) is 1.89. The van der Waals surface area contributed by atoms with Gasteiger partial charge in [0.25, 0.3) is 5.91 Å². The number of phenols is 1. The SMILES string of the molecule is Cc1ccc(C(=O)NC2CCNCC2)c(O)c1. The lowest BCUT2D eigenvalue weighted by atomic mass is 10.1. The molecule has 17 heavy (non-hydrogen) atoms. The fraction of sp³-hybridized carbons (Fsp3) is 0.462. The van der Waals surface area contributed by atoms with Crippen LogP contribution < -0.4 is 10.6 Å². The molecule has 3 N–H and O–H groups in total. The summed E-state index contributed by atoms with van der Waals surface area (Å²) in [5, 5.41) is 15.9. The first kappa shape index (κ1) is 11.9. The second kappa shape index (κ2) is 5.19. The van der Waals surface area contributed by atoms with Crippen LogP contribution in [0.5, 0.6) is 5.75 Å². The Morgan fingerprint density at radius 3 is 2.76 bits per heavy atom. The summed E-state index contributed by atoms with van der Waals surface area (Å²) in [6.45, 7) is 3.75. The first-order chi connectivity index (χ1) is 8.16. The van der Waals surface area contributed by atoms with Crippen LogP contribution in [0.1, 0.15) is 28.8 Å². The standard InChI is InChI=1S/C13H18N2O2/c1-9-2-3-11(12(16)8-9)13(17)15-10-4-6-14-7-5-10/h2-3,8,10,14,16H,4-7H2,1H3,(H,15,17). The van der Waals surface area contributed by atoms with E-state index in [1.165, 1.54) is 0 Å². The molecular formula is C13H18N2O2. The van der Waals surface area contributed by atoms with Gasteiger partial charge in [-0.1, -0.05) is 6.07 Å². The third-order valence-corrected chi connectivity index (χ3v) is 3.07. The molecule has 1 amide bonds. The lowest BCUT2D eigenvalue weighted by Gasteiger charge is -2.23.